The zero-order chi connectivity index (χ0) is 18.6. The third kappa shape index (κ3) is 3.91. The zero-order valence-corrected chi connectivity index (χ0v) is 16.9. The molecule has 0 bridgehead atoms. The molecule has 26 heavy (non-hydrogen) atoms. The minimum absolute atomic E-state index is 0.114. The Morgan fingerprint density at radius 1 is 1.27 bits per heavy atom. The van der Waals surface area contributed by atoms with E-state index in [0.29, 0.717) is 18.0 Å². The highest BCUT2D eigenvalue weighted by Crippen LogP contribution is 2.41. The van der Waals surface area contributed by atoms with Gasteiger partial charge in [0.1, 0.15) is 5.82 Å². The molecule has 3 rings (SSSR count). The zero-order valence-electron chi connectivity index (χ0n) is 15.3. The Morgan fingerprint density at radius 3 is 2.62 bits per heavy atom. The molecule has 7 heteroatoms. The lowest BCUT2D eigenvalue weighted by Crippen LogP contribution is -2.43. The van der Waals surface area contributed by atoms with E-state index in [4.69, 9.17) is 11.6 Å². The van der Waals surface area contributed by atoms with Crippen molar-refractivity contribution >= 4 is 29.3 Å². The van der Waals surface area contributed by atoms with Gasteiger partial charge in [0, 0.05) is 25.0 Å². The Kier molecular flexibility index (Phi) is 6.24. The van der Waals surface area contributed by atoms with E-state index in [2.05, 4.69) is 22.4 Å². The molecule has 1 aliphatic rings. The molecule has 1 fully saturated rings. The van der Waals surface area contributed by atoms with Crippen molar-refractivity contribution in [3.63, 3.8) is 0 Å². The summed E-state index contributed by atoms with van der Waals surface area (Å²) in [7, 11) is 1.97. The van der Waals surface area contributed by atoms with Gasteiger partial charge in [-0.1, -0.05) is 55.3 Å². The van der Waals surface area contributed by atoms with Gasteiger partial charge in [0.2, 0.25) is 5.91 Å². The van der Waals surface area contributed by atoms with E-state index in [1.54, 1.807) is 11.8 Å². The number of thioether (sulfide) groups is 1. The van der Waals surface area contributed by atoms with E-state index in [0.717, 1.165) is 48.0 Å². The fourth-order valence-corrected chi connectivity index (χ4v) is 4.45. The SMILES string of the molecule is CCSc1nnc(CCNC(=O)C2(c3ccc(Cl)cc3)CCCC2)n1C. The molecule has 0 spiro atoms. The van der Waals surface area contributed by atoms with Gasteiger partial charge in [0.25, 0.3) is 0 Å². The maximum atomic E-state index is 13.0. The summed E-state index contributed by atoms with van der Waals surface area (Å²) in [6.45, 7) is 2.66. The first kappa shape index (κ1) is 19.2. The number of benzene rings is 1. The first-order valence-corrected chi connectivity index (χ1v) is 10.5. The molecule has 0 aliphatic heterocycles. The van der Waals surface area contributed by atoms with Crippen molar-refractivity contribution in [1.82, 2.24) is 20.1 Å². The Labute approximate surface area is 163 Å². The monoisotopic (exact) mass is 392 g/mol. The molecule has 1 aromatic carbocycles. The molecule has 1 amide bonds. The van der Waals surface area contributed by atoms with Crippen LogP contribution in [0.5, 0.6) is 0 Å². The summed E-state index contributed by atoms with van der Waals surface area (Å²) in [5.41, 5.74) is 0.644. The quantitative estimate of drug-likeness (QED) is 0.729. The van der Waals surface area contributed by atoms with Gasteiger partial charge < -0.3 is 9.88 Å². The van der Waals surface area contributed by atoms with Crippen LogP contribution in [0, 0.1) is 0 Å². The highest BCUT2D eigenvalue weighted by atomic mass is 35.5. The second kappa shape index (κ2) is 8.44. The van der Waals surface area contributed by atoms with Gasteiger partial charge in [-0.3, -0.25) is 4.79 Å². The van der Waals surface area contributed by atoms with Crippen LogP contribution >= 0.6 is 23.4 Å². The largest absolute Gasteiger partial charge is 0.355 e. The fourth-order valence-electron chi connectivity index (χ4n) is 3.67. The number of hydrogen-bond donors (Lipinski definition) is 1. The first-order chi connectivity index (χ1) is 12.6. The van der Waals surface area contributed by atoms with Crippen molar-refractivity contribution in [2.45, 2.75) is 49.6 Å². The number of carbonyl (C=O) groups is 1. The number of halogens is 1. The van der Waals surface area contributed by atoms with Gasteiger partial charge in [-0.25, -0.2) is 0 Å². The van der Waals surface area contributed by atoms with Gasteiger partial charge in [-0.15, -0.1) is 10.2 Å². The lowest BCUT2D eigenvalue weighted by atomic mass is 9.78. The number of carbonyl (C=O) groups excluding carboxylic acids is 1. The average molecular weight is 393 g/mol. The maximum Gasteiger partial charge on any atom is 0.230 e. The number of hydrogen-bond acceptors (Lipinski definition) is 4. The van der Waals surface area contributed by atoms with E-state index >= 15 is 0 Å². The molecule has 1 aliphatic carbocycles. The van der Waals surface area contributed by atoms with Crippen LogP contribution < -0.4 is 5.32 Å². The number of aromatic nitrogens is 3. The maximum absolute atomic E-state index is 13.0. The van der Waals surface area contributed by atoms with Crippen molar-refractivity contribution in [1.29, 1.82) is 0 Å². The highest BCUT2D eigenvalue weighted by Gasteiger charge is 2.42. The van der Waals surface area contributed by atoms with Crippen LogP contribution in [0.15, 0.2) is 29.4 Å². The second-order valence-corrected chi connectivity index (χ2v) is 8.36. The predicted molar refractivity (Wildman–Crippen MR) is 106 cm³/mol. The molecule has 0 saturated heterocycles. The van der Waals surface area contributed by atoms with E-state index in [1.807, 2.05) is 35.9 Å². The van der Waals surface area contributed by atoms with Crippen molar-refractivity contribution < 1.29 is 4.79 Å². The van der Waals surface area contributed by atoms with Crippen LogP contribution in [-0.4, -0.2) is 33.0 Å². The molecule has 0 unspecified atom stereocenters. The van der Waals surface area contributed by atoms with E-state index in [9.17, 15) is 4.79 Å². The Bertz CT molecular complexity index is 753. The Hall–Kier alpha value is -1.53. The summed E-state index contributed by atoms with van der Waals surface area (Å²) in [6.07, 6.45) is 4.62. The van der Waals surface area contributed by atoms with Crippen molar-refractivity contribution in [3.05, 3.63) is 40.7 Å². The minimum Gasteiger partial charge on any atom is -0.355 e. The molecular formula is C19H25ClN4OS. The summed E-state index contributed by atoms with van der Waals surface area (Å²) in [6, 6.07) is 7.72. The third-order valence-electron chi connectivity index (χ3n) is 5.12. The van der Waals surface area contributed by atoms with E-state index in [-0.39, 0.29) is 5.91 Å². The highest BCUT2D eigenvalue weighted by molar-refractivity contribution is 7.99. The van der Waals surface area contributed by atoms with Crippen molar-refractivity contribution in [2.75, 3.05) is 12.3 Å². The molecule has 2 aromatic rings. The molecule has 5 nitrogen and oxygen atoms in total. The summed E-state index contributed by atoms with van der Waals surface area (Å²) in [5, 5.41) is 13.2. The van der Waals surface area contributed by atoms with Crippen molar-refractivity contribution in [3.8, 4) is 0 Å². The Balaban J connectivity index is 1.65. The summed E-state index contributed by atoms with van der Waals surface area (Å²) in [4.78, 5) is 13.0. The predicted octanol–water partition coefficient (Wildman–Crippen LogP) is 3.75. The fraction of sp³-hybridized carbons (Fsp3) is 0.526. The Morgan fingerprint density at radius 2 is 1.96 bits per heavy atom. The van der Waals surface area contributed by atoms with Crippen LogP contribution in [0.2, 0.25) is 5.02 Å². The summed E-state index contributed by atoms with van der Waals surface area (Å²) >= 11 is 7.69. The molecule has 1 heterocycles. The number of nitrogens with one attached hydrogen (secondary N) is 1. The van der Waals surface area contributed by atoms with Crippen LogP contribution in [0.4, 0.5) is 0 Å². The summed E-state index contributed by atoms with van der Waals surface area (Å²) in [5.74, 6) is 1.97. The van der Waals surface area contributed by atoms with Crippen LogP contribution in [0.25, 0.3) is 0 Å². The molecular weight excluding hydrogens is 368 g/mol. The molecule has 1 N–H and O–H groups in total. The first-order valence-electron chi connectivity index (χ1n) is 9.12. The third-order valence-corrected chi connectivity index (χ3v) is 6.28. The minimum atomic E-state index is -0.423. The van der Waals surface area contributed by atoms with Crippen LogP contribution in [0.1, 0.15) is 44.0 Å². The lowest BCUT2D eigenvalue weighted by molar-refractivity contribution is -0.126. The van der Waals surface area contributed by atoms with Gasteiger partial charge >= 0.3 is 0 Å². The normalized spacial score (nSPS) is 16.0. The van der Waals surface area contributed by atoms with Gasteiger partial charge in [0.15, 0.2) is 5.16 Å². The number of nitrogens with zero attached hydrogens (tertiary/aromatic N) is 3. The molecule has 0 radical (unpaired) electrons. The topological polar surface area (TPSA) is 59.8 Å². The van der Waals surface area contributed by atoms with Gasteiger partial charge in [0.05, 0.1) is 5.41 Å². The average Bonchev–Trinajstić information content (AvgIpc) is 3.26. The smallest absolute Gasteiger partial charge is 0.230 e. The molecule has 1 aromatic heterocycles. The van der Waals surface area contributed by atoms with Crippen LogP contribution in [0.3, 0.4) is 0 Å². The lowest BCUT2D eigenvalue weighted by Gasteiger charge is -2.28. The second-order valence-electron chi connectivity index (χ2n) is 6.69. The summed E-state index contributed by atoms with van der Waals surface area (Å²) < 4.78 is 2.00. The van der Waals surface area contributed by atoms with Crippen molar-refractivity contribution in [2.24, 2.45) is 7.05 Å². The standard InChI is InChI=1S/C19H25ClN4OS/c1-3-26-18-23-22-16(24(18)2)10-13-21-17(25)19(11-4-5-12-19)14-6-8-15(20)9-7-14/h6-9H,3-5,10-13H2,1-2H3,(H,21,25). The molecule has 1 saturated carbocycles. The van der Waals surface area contributed by atoms with E-state index in [1.165, 1.54) is 0 Å². The number of amides is 1. The van der Waals surface area contributed by atoms with Crippen LogP contribution in [-0.2, 0) is 23.7 Å². The van der Waals surface area contributed by atoms with E-state index < -0.39 is 5.41 Å². The molecule has 140 valence electrons. The van der Waals surface area contributed by atoms with Gasteiger partial charge in [-0.2, -0.15) is 0 Å². The number of rotatable bonds is 7. The van der Waals surface area contributed by atoms with Gasteiger partial charge in [-0.05, 0) is 36.3 Å². The molecule has 0 atom stereocenters.